The smallest absolute Gasteiger partial charge is 0.174 e. The van der Waals surface area contributed by atoms with Gasteiger partial charge in [0.1, 0.15) is 11.8 Å². The molecular weight excluding hydrogens is 260 g/mol. The lowest BCUT2D eigenvalue weighted by molar-refractivity contribution is 0.368. The van der Waals surface area contributed by atoms with Gasteiger partial charge in [-0.2, -0.15) is 5.26 Å². The van der Waals surface area contributed by atoms with Crippen LogP contribution < -0.4 is 10.1 Å². The lowest BCUT2D eigenvalue weighted by Gasteiger charge is -2.14. The Kier molecular flexibility index (Phi) is 4.84. The zero-order valence-corrected chi connectivity index (χ0v) is 12.7. The fourth-order valence-corrected chi connectivity index (χ4v) is 2.51. The summed E-state index contributed by atoms with van der Waals surface area (Å²) in [7, 11) is 0. The summed E-state index contributed by atoms with van der Waals surface area (Å²) < 4.78 is 5.32. The molecule has 1 N–H and O–H groups in total. The van der Waals surface area contributed by atoms with E-state index in [-0.39, 0.29) is 6.61 Å². The Bertz CT molecular complexity index is 648. The Morgan fingerprint density at radius 2 is 1.81 bits per heavy atom. The average molecular weight is 280 g/mol. The van der Waals surface area contributed by atoms with Crippen molar-refractivity contribution in [3.63, 3.8) is 0 Å². The first-order chi connectivity index (χ1) is 10.1. The lowest BCUT2D eigenvalue weighted by Crippen LogP contribution is -2.04. The van der Waals surface area contributed by atoms with Crippen LogP contribution in [0, 0.1) is 32.1 Å². The van der Waals surface area contributed by atoms with Crippen molar-refractivity contribution < 1.29 is 4.74 Å². The molecule has 0 fully saturated rings. The van der Waals surface area contributed by atoms with Crippen LogP contribution in [0.3, 0.4) is 0 Å². The van der Waals surface area contributed by atoms with E-state index in [0.29, 0.717) is 0 Å². The molecule has 0 aliphatic carbocycles. The number of aryl methyl sites for hydroxylation is 3. The van der Waals surface area contributed by atoms with Gasteiger partial charge in [-0.25, -0.2) is 0 Å². The number of anilines is 1. The number of rotatable bonds is 5. The molecule has 0 spiro atoms. The van der Waals surface area contributed by atoms with Crippen molar-refractivity contribution in [3.05, 3.63) is 58.7 Å². The first kappa shape index (κ1) is 14.9. The number of hydrogen-bond donors (Lipinski definition) is 1. The van der Waals surface area contributed by atoms with E-state index in [9.17, 15) is 0 Å². The molecule has 0 radical (unpaired) electrons. The van der Waals surface area contributed by atoms with Crippen molar-refractivity contribution in [3.8, 4) is 11.8 Å². The van der Waals surface area contributed by atoms with Crippen molar-refractivity contribution in [1.29, 1.82) is 5.26 Å². The minimum absolute atomic E-state index is 0.0764. The Morgan fingerprint density at radius 1 is 1.10 bits per heavy atom. The normalized spacial score (nSPS) is 10.0. The number of nitrogens with one attached hydrogen (secondary N) is 1. The van der Waals surface area contributed by atoms with Gasteiger partial charge >= 0.3 is 0 Å². The van der Waals surface area contributed by atoms with E-state index >= 15 is 0 Å². The molecule has 0 amide bonds. The predicted molar refractivity (Wildman–Crippen MR) is 85.5 cm³/mol. The van der Waals surface area contributed by atoms with Crippen LogP contribution in [0.15, 0.2) is 36.4 Å². The summed E-state index contributed by atoms with van der Waals surface area (Å²) in [5.41, 5.74) is 6.10. The van der Waals surface area contributed by atoms with Gasteiger partial charge in [0.05, 0.1) is 0 Å². The van der Waals surface area contributed by atoms with Crippen molar-refractivity contribution in [2.24, 2.45) is 0 Å². The quantitative estimate of drug-likeness (QED) is 0.895. The fraction of sp³-hybridized carbons (Fsp3) is 0.278. The largest absolute Gasteiger partial charge is 0.479 e. The molecule has 0 bridgehead atoms. The molecule has 3 heteroatoms. The maximum Gasteiger partial charge on any atom is 0.174 e. The van der Waals surface area contributed by atoms with Gasteiger partial charge in [-0.1, -0.05) is 29.8 Å². The minimum Gasteiger partial charge on any atom is -0.479 e. The van der Waals surface area contributed by atoms with Crippen LogP contribution in [-0.4, -0.2) is 6.61 Å². The number of ether oxygens (including phenoxy) is 1. The second-order valence-electron chi connectivity index (χ2n) is 5.22. The Hall–Kier alpha value is -2.47. The zero-order valence-electron chi connectivity index (χ0n) is 12.7. The Balaban J connectivity index is 2.08. The average Bonchev–Trinajstić information content (AvgIpc) is 2.44. The van der Waals surface area contributed by atoms with Gasteiger partial charge in [-0.05, 0) is 49.6 Å². The Morgan fingerprint density at radius 3 is 2.48 bits per heavy atom. The van der Waals surface area contributed by atoms with E-state index in [1.165, 1.54) is 22.4 Å². The monoisotopic (exact) mass is 280 g/mol. The molecule has 0 unspecified atom stereocenters. The maximum absolute atomic E-state index is 8.55. The summed E-state index contributed by atoms with van der Waals surface area (Å²) in [6.45, 7) is 7.16. The van der Waals surface area contributed by atoms with Gasteiger partial charge in [0.2, 0.25) is 0 Å². The van der Waals surface area contributed by atoms with Gasteiger partial charge in [-0.15, -0.1) is 0 Å². The molecule has 108 valence electrons. The molecule has 0 heterocycles. The Labute approximate surface area is 126 Å². The molecule has 3 nitrogen and oxygen atoms in total. The van der Waals surface area contributed by atoms with Gasteiger partial charge < -0.3 is 10.1 Å². The highest BCUT2D eigenvalue weighted by Crippen LogP contribution is 2.23. The predicted octanol–water partition coefficient (Wildman–Crippen LogP) is 4.13. The SMILES string of the molecule is Cc1cc(C)c(NCc2cccc(OCC#N)c2)c(C)c1. The third kappa shape index (κ3) is 4.00. The summed E-state index contributed by atoms with van der Waals surface area (Å²) in [6, 6.07) is 14.2. The second-order valence-corrected chi connectivity index (χ2v) is 5.22. The van der Waals surface area contributed by atoms with Crippen molar-refractivity contribution in [2.75, 3.05) is 11.9 Å². The topological polar surface area (TPSA) is 45.0 Å². The standard InChI is InChI=1S/C18H20N2O/c1-13-9-14(2)18(15(3)10-13)20-12-16-5-4-6-17(11-16)21-8-7-19/h4-6,9-11,20H,8,12H2,1-3H3. The van der Waals surface area contributed by atoms with Gasteiger partial charge in [-0.3, -0.25) is 0 Å². The van der Waals surface area contributed by atoms with Crippen molar-refractivity contribution in [1.82, 2.24) is 0 Å². The fourth-order valence-electron chi connectivity index (χ4n) is 2.51. The van der Waals surface area contributed by atoms with Crippen LogP contribution in [0.25, 0.3) is 0 Å². The summed E-state index contributed by atoms with van der Waals surface area (Å²) >= 11 is 0. The van der Waals surface area contributed by atoms with E-state index < -0.39 is 0 Å². The highest BCUT2D eigenvalue weighted by atomic mass is 16.5. The second kappa shape index (κ2) is 6.81. The van der Waals surface area contributed by atoms with Crippen LogP contribution in [-0.2, 0) is 6.54 Å². The first-order valence-corrected chi connectivity index (χ1v) is 7.00. The molecule has 0 aliphatic rings. The summed E-state index contributed by atoms with van der Waals surface area (Å²) in [6.07, 6.45) is 0. The van der Waals surface area contributed by atoms with Crippen molar-refractivity contribution >= 4 is 5.69 Å². The number of benzene rings is 2. The van der Waals surface area contributed by atoms with E-state index in [4.69, 9.17) is 10.00 Å². The van der Waals surface area contributed by atoms with Crippen molar-refractivity contribution in [2.45, 2.75) is 27.3 Å². The van der Waals surface area contributed by atoms with Gasteiger partial charge in [0.25, 0.3) is 0 Å². The number of nitriles is 1. The molecule has 21 heavy (non-hydrogen) atoms. The van der Waals surface area contributed by atoms with Crippen LogP contribution in [0.4, 0.5) is 5.69 Å². The molecule has 2 aromatic rings. The van der Waals surface area contributed by atoms with Crippen LogP contribution >= 0.6 is 0 Å². The molecule has 0 atom stereocenters. The molecule has 0 saturated heterocycles. The van der Waals surface area contributed by atoms with Crippen LogP contribution in [0.1, 0.15) is 22.3 Å². The number of nitrogens with zero attached hydrogens (tertiary/aromatic N) is 1. The summed E-state index contributed by atoms with van der Waals surface area (Å²) in [5, 5.41) is 12.0. The molecule has 0 aliphatic heterocycles. The molecular formula is C18H20N2O. The molecule has 0 saturated carbocycles. The van der Waals surface area contributed by atoms with Crippen LogP contribution in [0.2, 0.25) is 0 Å². The van der Waals surface area contributed by atoms with E-state index in [1.807, 2.05) is 30.3 Å². The lowest BCUT2D eigenvalue weighted by atomic mass is 10.0. The third-order valence-electron chi connectivity index (χ3n) is 3.35. The molecule has 2 aromatic carbocycles. The van der Waals surface area contributed by atoms with E-state index in [0.717, 1.165) is 17.9 Å². The first-order valence-electron chi connectivity index (χ1n) is 7.00. The highest BCUT2D eigenvalue weighted by Gasteiger charge is 2.04. The van der Waals surface area contributed by atoms with Gasteiger partial charge in [0.15, 0.2) is 6.61 Å². The van der Waals surface area contributed by atoms with Crippen LogP contribution in [0.5, 0.6) is 5.75 Å². The third-order valence-corrected chi connectivity index (χ3v) is 3.35. The summed E-state index contributed by atoms with van der Waals surface area (Å²) in [5.74, 6) is 0.730. The minimum atomic E-state index is 0.0764. The van der Waals surface area contributed by atoms with E-state index in [2.05, 4.69) is 38.2 Å². The number of hydrogen-bond acceptors (Lipinski definition) is 3. The van der Waals surface area contributed by atoms with Gasteiger partial charge in [0, 0.05) is 12.2 Å². The zero-order chi connectivity index (χ0) is 15.2. The van der Waals surface area contributed by atoms with E-state index in [1.54, 1.807) is 0 Å². The summed E-state index contributed by atoms with van der Waals surface area (Å²) in [4.78, 5) is 0. The molecule has 2 rings (SSSR count). The maximum atomic E-state index is 8.55. The molecule has 0 aromatic heterocycles. The highest BCUT2D eigenvalue weighted by molar-refractivity contribution is 5.58.